The summed E-state index contributed by atoms with van der Waals surface area (Å²) in [5, 5.41) is 24.7. The van der Waals surface area contributed by atoms with Crippen molar-refractivity contribution in [2.75, 3.05) is 25.3 Å². The molecule has 1 fully saturated rings. The number of ketones is 1. The molecule has 3 aromatic carbocycles. The van der Waals surface area contributed by atoms with Crippen molar-refractivity contribution in [3.8, 4) is 11.5 Å². The summed E-state index contributed by atoms with van der Waals surface area (Å²) in [4.78, 5) is 60.8. The highest BCUT2D eigenvalue weighted by Gasteiger charge is 2.34. The third kappa shape index (κ3) is 15.3. The highest BCUT2D eigenvalue weighted by Crippen LogP contribution is 2.42. The van der Waals surface area contributed by atoms with Crippen molar-refractivity contribution >= 4 is 74.0 Å². The minimum absolute atomic E-state index is 0.0806. The molecular weight excluding hydrogens is 903 g/mol. The smallest absolute Gasteiger partial charge is 0.416 e. The molecule has 1 saturated carbocycles. The number of carboxylic acids is 1. The van der Waals surface area contributed by atoms with Gasteiger partial charge >= 0.3 is 19.7 Å². The number of halogens is 5. The number of sulfonamides is 1. The molecule has 19 nitrogen and oxygen atoms in total. The van der Waals surface area contributed by atoms with E-state index in [2.05, 4.69) is 10.5 Å². The molecule has 0 unspecified atom stereocenters. The van der Waals surface area contributed by atoms with Gasteiger partial charge in [0.2, 0.25) is 10.0 Å². The molecule has 1 aliphatic carbocycles. The topological polar surface area (TPSA) is 300 Å². The molecule has 59 heavy (non-hydrogen) atoms. The summed E-state index contributed by atoms with van der Waals surface area (Å²) in [5.74, 6) is -2.49. The van der Waals surface area contributed by atoms with Gasteiger partial charge in [0.25, 0.3) is 11.6 Å². The summed E-state index contributed by atoms with van der Waals surface area (Å²) in [5.41, 5.74) is -1.93. The first-order chi connectivity index (χ1) is 27.1. The van der Waals surface area contributed by atoms with Gasteiger partial charge < -0.3 is 24.2 Å². The number of nitrogens with zero attached hydrogens (tertiary/aromatic N) is 2. The Kier molecular flexibility index (Phi) is 15.9. The van der Waals surface area contributed by atoms with E-state index in [0.29, 0.717) is 29.7 Å². The van der Waals surface area contributed by atoms with Crippen molar-refractivity contribution in [2.24, 2.45) is 0 Å². The fourth-order valence-electron chi connectivity index (χ4n) is 4.53. The summed E-state index contributed by atoms with van der Waals surface area (Å²) in [6, 6.07) is 9.29. The average molecular weight is 934 g/mol. The Morgan fingerprint density at radius 1 is 1.00 bits per heavy atom. The maximum atomic E-state index is 12.7. The largest absolute Gasteiger partial charge is 0.480 e. The number of carbonyl (C=O) groups is 3. The number of nitrogens with one attached hydrogen (secondary N) is 2. The van der Waals surface area contributed by atoms with Crippen LogP contribution in [0.15, 0.2) is 70.2 Å². The van der Waals surface area contributed by atoms with Crippen LogP contribution >= 0.6 is 30.8 Å². The van der Waals surface area contributed by atoms with Crippen molar-refractivity contribution < 1.29 is 78.0 Å². The van der Waals surface area contributed by atoms with Crippen LogP contribution in [-0.2, 0) is 35.4 Å². The summed E-state index contributed by atoms with van der Waals surface area (Å²) in [6.07, 6.45) is -0.240. The highest BCUT2D eigenvalue weighted by molar-refractivity contribution is 7.90. The fraction of sp³-hybridized carbons (Fsp3) is 0.250. The van der Waals surface area contributed by atoms with Gasteiger partial charge in [0.15, 0.2) is 21.4 Å². The zero-order valence-corrected chi connectivity index (χ0v) is 34.0. The predicted octanol–water partition coefficient (Wildman–Crippen LogP) is 5.38. The van der Waals surface area contributed by atoms with Gasteiger partial charge in [-0.15, -0.1) is 0 Å². The third-order valence-corrected chi connectivity index (χ3v) is 10.0. The number of nitro benzene ring substituents is 1. The van der Waals surface area contributed by atoms with Crippen LogP contribution in [-0.4, -0.2) is 84.8 Å². The number of carboxylic acid groups (broad SMARTS) is 1. The van der Waals surface area contributed by atoms with Crippen molar-refractivity contribution in [2.45, 2.75) is 29.8 Å². The van der Waals surface area contributed by atoms with E-state index < -0.39 is 90.9 Å². The normalized spacial score (nSPS) is 12.9. The Balaban J connectivity index is 0.000000263. The molecule has 0 saturated heterocycles. The molecular formula is C32H30Cl2F3N4O15PS2. The molecule has 1 aliphatic rings. The lowest BCUT2D eigenvalue weighted by atomic mass is 10.0. The molecule has 0 atom stereocenters. The van der Waals surface area contributed by atoms with Crippen LogP contribution in [0, 0.1) is 10.1 Å². The molecule has 1 heterocycles. The lowest BCUT2D eigenvalue weighted by Crippen LogP contribution is -2.29. The monoisotopic (exact) mass is 932 g/mol. The van der Waals surface area contributed by atoms with Crippen molar-refractivity contribution in [3.63, 3.8) is 0 Å². The maximum Gasteiger partial charge on any atom is 0.416 e. The first-order valence-corrected chi connectivity index (χ1v) is 22.2. The van der Waals surface area contributed by atoms with Crippen LogP contribution in [0.5, 0.6) is 11.5 Å². The zero-order valence-electron chi connectivity index (χ0n) is 30.0. The second-order valence-electron chi connectivity index (χ2n) is 12.1. The van der Waals surface area contributed by atoms with E-state index in [9.17, 15) is 59.1 Å². The van der Waals surface area contributed by atoms with Gasteiger partial charge in [-0.05, 0) is 55.3 Å². The van der Waals surface area contributed by atoms with E-state index in [-0.39, 0.29) is 32.9 Å². The lowest BCUT2D eigenvalue weighted by Gasteiger charge is -2.12. The predicted molar refractivity (Wildman–Crippen MR) is 201 cm³/mol. The van der Waals surface area contributed by atoms with E-state index in [1.807, 2.05) is 0 Å². The van der Waals surface area contributed by atoms with Gasteiger partial charge in [-0.25, -0.2) is 21.6 Å². The molecule has 0 aliphatic heterocycles. The number of carbonyl (C=O) groups excluding carboxylic acids is 2. The summed E-state index contributed by atoms with van der Waals surface area (Å²) in [7, 11) is -11.7. The first kappa shape index (κ1) is 48.4. The maximum absolute atomic E-state index is 12.7. The van der Waals surface area contributed by atoms with Crippen LogP contribution < -0.4 is 14.8 Å². The van der Waals surface area contributed by atoms with Crippen LogP contribution in [0.4, 0.5) is 18.9 Å². The second-order valence-corrected chi connectivity index (χ2v) is 18.4. The molecule has 27 heteroatoms. The van der Waals surface area contributed by atoms with Crippen LogP contribution in [0.25, 0.3) is 0 Å². The highest BCUT2D eigenvalue weighted by atomic mass is 35.5. The van der Waals surface area contributed by atoms with E-state index in [1.54, 1.807) is 4.72 Å². The quantitative estimate of drug-likeness (QED) is 0.0486. The SMILES string of the molecule is CS(=O)(=O)NC(=O)c1cc(Oc2ccc(C(F)(F)F)cc2Cl)ccc1[N+](=O)[O-].CS(=O)(=O)c1cc(Cl)ccc1C(=O)c1cnoc1C1CC1.O=C(O)CNCP(=O)(O)O. The lowest BCUT2D eigenvalue weighted by molar-refractivity contribution is -0.385. The van der Waals surface area contributed by atoms with E-state index in [1.165, 1.54) is 24.4 Å². The Morgan fingerprint density at radius 3 is 2.15 bits per heavy atom. The third-order valence-electron chi connectivity index (χ3n) is 7.15. The number of aromatic nitrogens is 1. The minimum Gasteiger partial charge on any atom is -0.480 e. The van der Waals surface area contributed by atoms with Gasteiger partial charge in [-0.2, -0.15) is 13.2 Å². The summed E-state index contributed by atoms with van der Waals surface area (Å²) >= 11 is 11.6. The number of hydrogen-bond donors (Lipinski definition) is 5. The fourth-order valence-corrected chi connectivity index (χ4v) is 6.74. The van der Waals surface area contributed by atoms with Crippen molar-refractivity contribution in [3.05, 3.63) is 109 Å². The average Bonchev–Trinajstić information content (AvgIpc) is 3.82. The van der Waals surface area contributed by atoms with E-state index in [4.69, 9.17) is 47.4 Å². The van der Waals surface area contributed by atoms with Gasteiger partial charge in [0.05, 0.1) is 51.3 Å². The number of nitro groups is 1. The van der Waals surface area contributed by atoms with Crippen LogP contribution in [0.3, 0.4) is 0 Å². The number of hydrogen-bond acceptors (Lipinski definition) is 14. The molecule has 5 N–H and O–H groups in total. The molecule has 4 aromatic rings. The van der Waals surface area contributed by atoms with Crippen LogP contribution in [0.2, 0.25) is 10.0 Å². The number of alkyl halides is 3. The molecule has 0 spiro atoms. The number of benzene rings is 3. The Bertz CT molecular complexity index is 2530. The number of ether oxygens (including phenoxy) is 1. The Morgan fingerprint density at radius 2 is 1.64 bits per heavy atom. The molecule has 320 valence electrons. The molecule has 0 bridgehead atoms. The Hall–Kier alpha value is -4.94. The van der Waals surface area contributed by atoms with E-state index in [0.717, 1.165) is 43.4 Å². The molecule has 0 radical (unpaired) electrons. The van der Waals surface area contributed by atoms with Gasteiger partial charge in [-0.1, -0.05) is 28.4 Å². The van der Waals surface area contributed by atoms with E-state index >= 15 is 0 Å². The zero-order chi connectivity index (χ0) is 44.7. The summed E-state index contributed by atoms with van der Waals surface area (Å²) in [6.45, 7) is -0.439. The molecule has 1 amide bonds. The number of sulfone groups is 1. The van der Waals surface area contributed by atoms with Crippen molar-refractivity contribution in [1.29, 1.82) is 0 Å². The second kappa shape index (κ2) is 19.4. The number of rotatable bonds is 13. The van der Waals surface area contributed by atoms with Crippen LogP contribution in [0.1, 0.15) is 56.4 Å². The number of aliphatic carboxylic acids is 1. The molecule has 5 rings (SSSR count). The van der Waals surface area contributed by atoms with Gasteiger partial charge in [0.1, 0.15) is 17.1 Å². The standard InChI is InChI=1S/C15H10ClF3N2O6S.C14H12ClNO4S.C3H8NO5P/c1-28(25,26)20-14(22)10-7-9(3-4-12(10)21(23)24)27-13-5-2-8(6-11(13)16)15(17,18)19;1-21(18,19)12-6-9(15)4-5-10(12)13(17)11-7-16-20-14(11)8-2-3-8;5-3(6)1-4-2-10(7,8)9/h2-7H,1H3,(H,20,22);4-8H,2-3H2,1H3;4H,1-2H2,(H,5,6)(H2,7,8,9). The Labute approximate surface area is 341 Å². The molecule has 1 aromatic heterocycles. The minimum atomic E-state index is -4.62. The van der Waals surface area contributed by atoms with Gasteiger partial charge in [-0.3, -0.25) is 34.4 Å². The first-order valence-electron chi connectivity index (χ1n) is 15.9. The van der Waals surface area contributed by atoms with Gasteiger partial charge in [0, 0.05) is 34.9 Å². The van der Waals surface area contributed by atoms with Crippen molar-refractivity contribution in [1.82, 2.24) is 15.2 Å². The number of amides is 1. The summed E-state index contributed by atoms with van der Waals surface area (Å²) < 4.78 is 106.